The van der Waals surface area contributed by atoms with Crippen molar-refractivity contribution in [1.82, 2.24) is 0 Å². The minimum Gasteiger partial charge on any atom is -0.399 e. The molecule has 2 N–H and O–H groups in total. The second-order valence-corrected chi connectivity index (χ2v) is 2.92. The van der Waals surface area contributed by atoms with Crippen LogP contribution in [0, 0.1) is 11.8 Å². The molecule has 0 amide bonds. The first-order chi connectivity index (χ1) is 5.74. The Hall–Kier alpha value is -0.780. The zero-order valence-electron chi connectivity index (χ0n) is 6.34. The lowest BCUT2D eigenvalue weighted by Gasteiger charge is -1.96. The van der Waals surface area contributed by atoms with Gasteiger partial charge in [0.2, 0.25) is 0 Å². The SMILES string of the molecule is Nc1ccc(Cl)c(C#CCS)c1. The standard InChI is InChI=1S/C9H8ClNS/c10-9-4-3-8(11)6-7(9)2-1-5-12/h3-4,6,12H,5,11H2. The smallest absolute Gasteiger partial charge is 0.0564 e. The van der Waals surface area contributed by atoms with Crippen molar-refractivity contribution in [3.8, 4) is 11.8 Å². The van der Waals surface area contributed by atoms with Crippen LogP contribution in [0.5, 0.6) is 0 Å². The number of thiol groups is 1. The maximum Gasteiger partial charge on any atom is 0.0564 e. The third-order valence-corrected chi connectivity index (χ3v) is 1.78. The van der Waals surface area contributed by atoms with E-state index in [9.17, 15) is 0 Å². The molecule has 0 saturated carbocycles. The fourth-order valence-electron chi connectivity index (χ4n) is 0.773. The van der Waals surface area contributed by atoms with E-state index in [0.29, 0.717) is 16.5 Å². The van der Waals surface area contributed by atoms with Crippen molar-refractivity contribution in [2.45, 2.75) is 0 Å². The van der Waals surface area contributed by atoms with Crippen molar-refractivity contribution in [2.75, 3.05) is 11.5 Å². The Labute approximate surface area is 82.3 Å². The van der Waals surface area contributed by atoms with Gasteiger partial charge in [0.15, 0.2) is 0 Å². The van der Waals surface area contributed by atoms with E-state index >= 15 is 0 Å². The molecule has 1 aromatic rings. The second-order valence-electron chi connectivity index (χ2n) is 2.20. The third-order valence-electron chi connectivity index (χ3n) is 1.29. The van der Waals surface area contributed by atoms with Crippen LogP contribution in [0.1, 0.15) is 5.56 Å². The molecule has 12 heavy (non-hydrogen) atoms. The number of benzene rings is 1. The van der Waals surface area contributed by atoms with Gasteiger partial charge in [0, 0.05) is 11.3 Å². The fourth-order valence-corrected chi connectivity index (χ4v) is 1.02. The molecule has 0 aliphatic heterocycles. The van der Waals surface area contributed by atoms with Gasteiger partial charge in [-0.05, 0) is 18.2 Å². The summed E-state index contributed by atoms with van der Waals surface area (Å²) in [6, 6.07) is 5.23. The Morgan fingerprint density at radius 3 is 2.92 bits per heavy atom. The molecule has 0 spiro atoms. The predicted octanol–water partition coefficient (Wildman–Crippen LogP) is 2.20. The van der Waals surface area contributed by atoms with Crippen LogP contribution in [0.4, 0.5) is 5.69 Å². The quantitative estimate of drug-likeness (QED) is 0.372. The highest BCUT2D eigenvalue weighted by atomic mass is 35.5. The average Bonchev–Trinajstić information content (AvgIpc) is 2.07. The lowest BCUT2D eigenvalue weighted by atomic mass is 10.2. The zero-order valence-corrected chi connectivity index (χ0v) is 7.99. The van der Waals surface area contributed by atoms with Gasteiger partial charge in [-0.2, -0.15) is 12.6 Å². The second kappa shape index (κ2) is 4.30. The zero-order chi connectivity index (χ0) is 8.97. The van der Waals surface area contributed by atoms with Crippen LogP contribution < -0.4 is 5.73 Å². The summed E-state index contributed by atoms with van der Waals surface area (Å²) in [6.07, 6.45) is 0. The maximum atomic E-state index is 5.85. The molecule has 0 bridgehead atoms. The number of nitrogens with two attached hydrogens (primary N) is 1. The molecular formula is C9H8ClNS. The number of anilines is 1. The number of hydrogen-bond donors (Lipinski definition) is 2. The van der Waals surface area contributed by atoms with Gasteiger partial charge in [0.05, 0.1) is 10.8 Å². The van der Waals surface area contributed by atoms with Gasteiger partial charge in [0.1, 0.15) is 0 Å². The van der Waals surface area contributed by atoms with Crippen molar-refractivity contribution >= 4 is 29.9 Å². The minimum absolute atomic E-state index is 0.519. The molecule has 3 heteroatoms. The first-order valence-electron chi connectivity index (χ1n) is 3.39. The molecule has 1 nitrogen and oxygen atoms in total. The Kier molecular flexibility index (Phi) is 3.33. The molecule has 0 heterocycles. The third kappa shape index (κ3) is 2.37. The predicted molar refractivity (Wildman–Crippen MR) is 56.6 cm³/mol. The number of halogens is 1. The Morgan fingerprint density at radius 1 is 1.50 bits per heavy atom. The monoisotopic (exact) mass is 197 g/mol. The molecule has 0 atom stereocenters. The van der Waals surface area contributed by atoms with Crippen LogP contribution in [0.2, 0.25) is 5.02 Å². The van der Waals surface area contributed by atoms with E-state index < -0.39 is 0 Å². The Morgan fingerprint density at radius 2 is 2.25 bits per heavy atom. The van der Waals surface area contributed by atoms with Crippen molar-refractivity contribution in [1.29, 1.82) is 0 Å². The molecule has 0 aliphatic rings. The van der Waals surface area contributed by atoms with Crippen LogP contribution in [0.3, 0.4) is 0 Å². The summed E-state index contributed by atoms with van der Waals surface area (Å²) in [6.45, 7) is 0. The normalized spacial score (nSPS) is 8.83. The lowest BCUT2D eigenvalue weighted by molar-refractivity contribution is 1.63. The van der Waals surface area contributed by atoms with E-state index in [0.717, 1.165) is 5.56 Å². The highest BCUT2D eigenvalue weighted by Crippen LogP contribution is 2.17. The van der Waals surface area contributed by atoms with Crippen molar-refractivity contribution in [3.63, 3.8) is 0 Å². The molecular weight excluding hydrogens is 190 g/mol. The highest BCUT2D eigenvalue weighted by molar-refractivity contribution is 7.80. The van der Waals surface area contributed by atoms with Gasteiger partial charge in [-0.3, -0.25) is 0 Å². The number of rotatable bonds is 0. The largest absolute Gasteiger partial charge is 0.399 e. The van der Waals surface area contributed by atoms with Crippen molar-refractivity contribution in [2.24, 2.45) is 0 Å². The molecule has 0 radical (unpaired) electrons. The molecule has 0 aromatic heterocycles. The van der Waals surface area contributed by atoms with Gasteiger partial charge >= 0.3 is 0 Å². The summed E-state index contributed by atoms with van der Waals surface area (Å²) >= 11 is 9.81. The average molecular weight is 198 g/mol. The van der Waals surface area contributed by atoms with Crippen LogP contribution in [-0.4, -0.2) is 5.75 Å². The van der Waals surface area contributed by atoms with Gasteiger partial charge in [0.25, 0.3) is 0 Å². The number of hydrogen-bond acceptors (Lipinski definition) is 2. The van der Waals surface area contributed by atoms with Gasteiger partial charge in [-0.15, -0.1) is 0 Å². The summed E-state index contributed by atoms with van der Waals surface area (Å²) < 4.78 is 0. The van der Waals surface area contributed by atoms with Gasteiger partial charge < -0.3 is 5.73 Å². The van der Waals surface area contributed by atoms with E-state index in [4.69, 9.17) is 17.3 Å². The maximum absolute atomic E-state index is 5.85. The summed E-state index contributed by atoms with van der Waals surface area (Å²) in [4.78, 5) is 0. The van der Waals surface area contributed by atoms with E-state index in [-0.39, 0.29) is 0 Å². The van der Waals surface area contributed by atoms with E-state index in [2.05, 4.69) is 24.5 Å². The molecule has 62 valence electrons. The van der Waals surface area contributed by atoms with Gasteiger partial charge in [-0.25, -0.2) is 0 Å². The van der Waals surface area contributed by atoms with E-state index in [1.54, 1.807) is 18.2 Å². The first kappa shape index (κ1) is 9.31. The molecule has 0 aliphatic carbocycles. The minimum atomic E-state index is 0.519. The lowest BCUT2D eigenvalue weighted by Crippen LogP contribution is -1.86. The van der Waals surface area contributed by atoms with Crippen molar-refractivity contribution in [3.05, 3.63) is 28.8 Å². The summed E-state index contributed by atoms with van der Waals surface area (Å²) in [7, 11) is 0. The van der Waals surface area contributed by atoms with Crippen LogP contribution >= 0.6 is 24.2 Å². The molecule has 0 saturated heterocycles. The summed E-state index contributed by atoms with van der Waals surface area (Å²) in [5.74, 6) is 6.19. The van der Waals surface area contributed by atoms with Crippen molar-refractivity contribution < 1.29 is 0 Å². The summed E-state index contributed by atoms with van der Waals surface area (Å²) in [5.41, 5.74) is 6.98. The Bertz CT molecular complexity index is 338. The molecule has 0 unspecified atom stereocenters. The summed E-state index contributed by atoms with van der Waals surface area (Å²) in [5, 5.41) is 0.624. The van der Waals surface area contributed by atoms with Crippen LogP contribution in [0.25, 0.3) is 0 Å². The van der Waals surface area contributed by atoms with Crippen LogP contribution in [0.15, 0.2) is 18.2 Å². The Balaban J connectivity index is 3.05. The molecule has 1 rings (SSSR count). The van der Waals surface area contributed by atoms with E-state index in [1.165, 1.54) is 0 Å². The van der Waals surface area contributed by atoms with Gasteiger partial charge in [-0.1, -0.05) is 23.4 Å². The molecule has 1 aromatic carbocycles. The highest BCUT2D eigenvalue weighted by Gasteiger charge is 1.95. The van der Waals surface area contributed by atoms with E-state index in [1.807, 2.05) is 0 Å². The molecule has 0 fully saturated rings. The fraction of sp³-hybridized carbons (Fsp3) is 0.111. The number of nitrogen functional groups attached to an aromatic ring is 1. The first-order valence-corrected chi connectivity index (χ1v) is 4.40. The topological polar surface area (TPSA) is 26.0 Å². The van der Waals surface area contributed by atoms with Crippen LogP contribution in [-0.2, 0) is 0 Å².